The molecule has 0 radical (unpaired) electrons. The van der Waals surface area contributed by atoms with E-state index in [4.69, 9.17) is 9.47 Å². The van der Waals surface area contributed by atoms with Gasteiger partial charge in [-0.2, -0.15) is 0 Å². The molecule has 1 fully saturated rings. The van der Waals surface area contributed by atoms with Crippen molar-refractivity contribution < 1.29 is 14.3 Å². The lowest BCUT2D eigenvalue weighted by molar-refractivity contribution is -0.00457. The number of imidazole rings is 1. The van der Waals surface area contributed by atoms with E-state index in [0.29, 0.717) is 36.9 Å². The summed E-state index contributed by atoms with van der Waals surface area (Å²) in [5.74, 6) is 0.378. The van der Waals surface area contributed by atoms with E-state index in [-0.39, 0.29) is 18.1 Å². The Balaban J connectivity index is 1.52. The second-order valence-corrected chi connectivity index (χ2v) is 6.74. The van der Waals surface area contributed by atoms with Gasteiger partial charge in [0.25, 0.3) is 5.91 Å². The van der Waals surface area contributed by atoms with Crippen molar-refractivity contribution in [2.45, 2.75) is 25.5 Å². The molecule has 0 saturated carbocycles. The molecule has 3 aromatic rings. The second-order valence-electron chi connectivity index (χ2n) is 5.87. The number of nitrogens with one attached hydrogen (secondary N) is 1. The normalized spacial score (nSPS) is 20.5. The summed E-state index contributed by atoms with van der Waals surface area (Å²) in [7, 11) is 0. The number of ether oxygens (including phenoxy) is 2. The van der Waals surface area contributed by atoms with Crippen molar-refractivity contribution in [3.63, 3.8) is 0 Å². The van der Waals surface area contributed by atoms with Crippen molar-refractivity contribution >= 4 is 22.2 Å². The number of aromatic nitrogens is 3. The summed E-state index contributed by atoms with van der Waals surface area (Å²) in [6.45, 7) is 2.85. The van der Waals surface area contributed by atoms with Crippen LogP contribution in [0.1, 0.15) is 22.6 Å². The fraction of sp³-hybridized carbons (Fsp3) is 0.353. The largest absolute Gasteiger partial charge is 0.472 e. The van der Waals surface area contributed by atoms with Crippen LogP contribution in [0.15, 0.2) is 36.0 Å². The van der Waals surface area contributed by atoms with Crippen LogP contribution in [0, 0.1) is 6.92 Å². The van der Waals surface area contributed by atoms with Crippen LogP contribution >= 0.6 is 11.3 Å². The zero-order valence-electron chi connectivity index (χ0n) is 13.7. The molecule has 4 heterocycles. The molecule has 1 aliphatic heterocycles. The Morgan fingerprint density at radius 3 is 3.24 bits per heavy atom. The number of carbonyl (C=O) groups is 1. The Bertz CT molecular complexity index is 877. The number of rotatable bonds is 4. The maximum atomic E-state index is 12.8. The van der Waals surface area contributed by atoms with E-state index in [0.717, 1.165) is 4.96 Å². The van der Waals surface area contributed by atoms with Crippen molar-refractivity contribution in [2.75, 3.05) is 13.2 Å². The molecular weight excluding hydrogens is 340 g/mol. The first-order valence-electron chi connectivity index (χ1n) is 8.11. The van der Waals surface area contributed by atoms with E-state index < -0.39 is 0 Å². The number of hydrogen-bond donors (Lipinski definition) is 1. The summed E-state index contributed by atoms with van der Waals surface area (Å²) in [5, 5.41) is 4.95. The minimum absolute atomic E-state index is 0.173. The predicted molar refractivity (Wildman–Crippen MR) is 93.1 cm³/mol. The molecule has 0 aliphatic carbocycles. The van der Waals surface area contributed by atoms with Crippen molar-refractivity contribution in [1.82, 2.24) is 19.7 Å². The first kappa shape index (κ1) is 16.0. The maximum Gasteiger partial charge on any atom is 0.270 e. The molecule has 130 valence electrons. The number of carbonyl (C=O) groups excluding carboxylic acids is 1. The molecule has 1 amide bonds. The number of thiazole rings is 1. The fourth-order valence-electron chi connectivity index (χ4n) is 2.97. The quantitative estimate of drug-likeness (QED) is 0.772. The predicted octanol–water partition coefficient (Wildman–Crippen LogP) is 2.07. The van der Waals surface area contributed by atoms with Crippen LogP contribution in [-0.4, -0.2) is 45.6 Å². The first-order valence-corrected chi connectivity index (χ1v) is 8.99. The summed E-state index contributed by atoms with van der Waals surface area (Å²) in [5.41, 5.74) is 1.27. The van der Waals surface area contributed by atoms with E-state index in [9.17, 15) is 4.79 Å². The Hall–Kier alpha value is -2.45. The van der Waals surface area contributed by atoms with Gasteiger partial charge in [0.15, 0.2) is 4.96 Å². The Morgan fingerprint density at radius 2 is 2.40 bits per heavy atom. The molecule has 1 saturated heterocycles. The molecule has 4 rings (SSSR count). The van der Waals surface area contributed by atoms with Gasteiger partial charge in [0.2, 0.25) is 5.88 Å². The summed E-state index contributed by atoms with van der Waals surface area (Å²) in [6.07, 6.45) is 4.05. The lowest BCUT2D eigenvalue weighted by Gasteiger charge is -2.32. The minimum atomic E-state index is -0.244. The van der Waals surface area contributed by atoms with Crippen molar-refractivity contribution in [1.29, 1.82) is 0 Å². The van der Waals surface area contributed by atoms with Gasteiger partial charge in [-0.25, -0.2) is 9.97 Å². The molecule has 0 spiro atoms. The molecule has 8 heteroatoms. The van der Waals surface area contributed by atoms with Crippen LogP contribution in [0.25, 0.3) is 4.96 Å². The minimum Gasteiger partial charge on any atom is -0.472 e. The Morgan fingerprint density at radius 1 is 1.48 bits per heavy atom. The van der Waals surface area contributed by atoms with Crippen molar-refractivity contribution in [3.05, 3.63) is 47.4 Å². The standard InChI is InChI=1S/C17H18N4O3S/c1-11-15(21-7-9-25-17(21)19-11)16(22)20-12-10-23-8-5-13(12)24-14-4-2-3-6-18-14/h2-4,6-7,9,12-13H,5,8,10H2,1H3,(H,20,22)/t12-,13-/m1/s1. The van der Waals surface area contributed by atoms with Gasteiger partial charge in [0.05, 0.1) is 24.9 Å². The van der Waals surface area contributed by atoms with Gasteiger partial charge >= 0.3 is 0 Å². The van der Waals surface area contributed by atoms with Gasteiger partial charge in [-0.15, -0.1) is 11.3 Å². The van der Waals surface area contributed by atoms with Crippen LogP contribution in [0.4, 0.5) is 0 Å². The monoisotopic (exact) mass is 358 g/mol. The summed E-state index contributed by atoms with van der Waals surface area (Å²) >= 11 is 1.50. The Kier molecular flexibility index (Phi) is 4.37. The van der Waals surface area contributed by atoms with Gasteiger partial charge in [-0.05, 0) is 13.0 Å². The second kappa shape index (κ2) is 6.81. The zero-order chi connectivity index (χ0) is 17.2. The third-order valence-corrected chi connectivity index (χ3v) is 4.93. The smallest absolute Gasteiger partial charge is 0.270 e. The lowest BCUT2D eigenvalue weighted by atomic mass is 10.1. The molecule has 2 atom stereocenters. The van der Waals surface area contributed by atoms with Crippen LogP contribution < -0.4 is 10.1 Å². The average Bonchev–Trinajstić information content (AvgIpc) is 3.17. The molecule has 25 heavy (non-hydrogen) atoms. The van der Waals surface area contributed by atoms with Gasteiger partial charge in [-0.3, -0.25) is 9.20 Å². The molecule has 0 bridgehead atoms. The van der Waals surface area contributed by atoms with E-state index in [1.807, 2.05) is 41.1 Å². The summed E-state index contributed by atoms with van der Waals surface area (Å²) < 4.78 is 13.3. The van der Waals surface area contributed by atoms with Crippen molar-refractivity contribution in [2.24, 2.45) is 0 Å². The molecule has 0 unspecified atom stereocenters. The third-order valence-electron chi connectivity index (χ3n) is 4.17. The number of nitrogens with zero attached hydrogens (tertiary/aromatic N) is 3. The molecule has 3 aromatic heterocycles. The highest BCUT2D eigenvalue weighted by molar-refractivity contribution is 7.15. The van der Waals surface area contributed by atoms with E-state index >= 15 is 0 Å². The van der Waals surface area contributed by atoms with Crippen LogP contribution in [0.3, 0.4) is 0 Å². The summed E-state index contributed by atoms with van der Waals surface area (Å²) in [6, 6.07) is 5.28. The van der Waals surface area contributed by atoms with E-state index in [1.54, 1.807) is 6.20 Å². The number of amides is 1. The molecular formula is C17H18N4O3S. The summed E-state index contributed by atoms with van der Waals surface area (Å²) in [4.78, 5) is 22.2. The number of aryl methyl sites for hydroxylation is 1. The van der Waals surface area contributed by atoms with Crippen LogP contribution in [0.5, 0.6) is 5.88 Å². The number of fused-ring (bicyclic) bond motifs is 1. The zero-order valence-corrected chi connectivity index (χ0v) is 14.5. The number of pyridine rings is 1. The van der Waals surface area contributed by atoms with Crippen molar-refractivity contribution in [3.8, 4) is 5.88 Å². The highest BCUT2D eigenvalue weighted by Crippen LogP contribution is 2.19. The first-order chi connectivity index (χ1) is 12.2. The highest BCUT2D eigenvalue weighted by Gasteiger charge is 2.31. The van der Waals surface area contributed by atoms with E-state index in [2.05, 4.69) is 15.3 Å². The maximum absolute atomic E-state index is 12.8. The topological polar surface area (TPSA) is 77.8 Å². The highest BCUT2D eigenvalue weighted by atomic mass is 32.1. The Labute approximate surface area is 148 Å². The van der Waals surface area contributed by atoms with Gasteiger partial charge in [0.1, 0.15) is 11.8 Å². The molecule has 1 aliphatic rings. The third kappa shape index (κ3) is 3.22. The SMILES string of the molecule is Cc1nc2sccn2c1C(=O)N[C@@H]1COCC[C@H]1Oc1ccccn1. The number of hydrogen-bond acceptors (Lipinski definition) is 6. The van der Waals surface area contributed by atoms with Gasteiger partial charge in [-0.1, -0.05) is 6.07 Å². The van der Waals surface area contributed by atoms with Gasteiger partial charge < -0.3 is 14.8 Å². The van der Waals surface area contributed by atoms with E-state index in [1.165, 1.54) is 11.3 Å². The lowest BCUT2D eigenvalue weighted by Crippen LogP contribution is -2.52. The van der Waals surface area contributed by atoms with Crippen LogP contribution in [0.2, 0.25) is 0 Å². The molecule has 1 N–H and O–H groups in total. The van der Waals surface area contributed by atoms with Crippen LogP contribution in [-0.2, 0) is 4.74 Å². The average molecular weight is 358 g/mol. The fourth-order valence-corrected chi connectivity index (χ4v) is 3.73. The molecule has 7 nitrogen and oxygen atoms in total. The molecule has 0 aromatic carbocycles. The van der Waals surface area contributed by atoms with Gasteiger partial charge in [0, 0.05) is 30.3 Å².